The van der Waals surface area contributed by atoms with E-state index in [0.717, 1.165) is 11.3 Å². The molecule has 26 heavy (non-hydrogen) atoms. The first kappa shape index (κ1) is 18.2. The summed E-state index contributed by atoms with van der Waals surface area (Å²) in [5, 5.41) is 4.53. The standard InChI is InChI=1S/C18H24N4O4/c1-25-9-6-19-17(23)12-21-7-8-22-16(18(21)24)11-15(20-22)13-4-3-5-14(10-13)26-2/h3-5,7-8,10,15-16,20H,6,9,11-12H2,1-2H3,(H,19,23). The fourth-order valence-electron chi connectivity index (χ4n) is 3.15. The van der Waals surface area contributed by atoms with Gasteiger partial charge in [-0.2, -0.15) is 0 Å². The van der Waals surface area contributed by atoms with Gasteiger partial charge in [-0.1, -0.05) is 12.1 Å². The van der Waals surface area contributed by atoms with Crippen molar-refractivity contribution in [2.45, 2.75) is 18.5 Å². The van der Waals surface area contributed by atoms with Crippen molar-refractivity contribution in [1.29, 1.82) is 0 Å². The normalized spacial score (nSPS) is 21.7. The van der Waals surface area contributed by atoms with Crippen LogP contribution >= 0.6 is 0 Å². The molecule has 2 unspecified atom stereocenters. The van der Waals surface area contributed by atoms with E-state index >= 15 is 0 Å². The smallest absolute Gasteiger partial charge is 0.251 e. The van der Waals surface area contributed by atoms with Crippen LogP contribution in [0.1, 0.15) is 18.0 Å². The van der Waals surface area contributed by atoms with Crippen molar-refractivity contribution in [2.75, 3.05) is 33.9 Å². The Hall–Kier alpha value is -2.58. The van der Waals surface area contributed by atoms with E-state index in [1.807, 2.05) is 29.3 Å². The van der Waals surface area contributed by atoms with Crippen molar-refractivity contribution in [3.8, 4) is 5.75 Å². The fourth-order valence-corrected chi connectivity index (χ4v) is 3.15. The molecule has 0 spiro atoms. The molecular weight excluding hydrogens is 336 g/mol. The summed E-state index contributed by atoms with van der Waals surface area (Å²) < 4.78 is 10.2. The minimum atomic E-state index is -0.331. The van der Waals surface area contributed by atoms with E-state index in [-0.39, 0.29) is 30.4 Å². The molecule has 2 aliphatic heterocycles. The van der Waals surface area contributed by atoms with Crippen LogP contribution in [0.2, 0.25) is 0 Å². The van der Waals surface area contributed by atoms with E-state index in [0.29, 0.717) is 19.6 Å². The zero-order chi connectivity index (χ0) is 18.5. The molecule has 0 radical (unpaired) electrons. The van der Waals surface area contributed by atoms with Crippen molar-refractivity contribution in [3.63, 3.8) is 0 Å². The monoisotopic (exact) mass is 360 g/mol. The van der Waals surface area contributed by atoms with Gasteiger partial charge in [-0.25, -0.2) is 5.43 Å². The van der Waals surface area contributed by atoms with Gasteiger partial charge in [0.05, 0.1) is 19.8 Å². The van der Waals surface area contributed by atoms with Crippen molar-refractivity contribution in [2.24, 2.45) is 0 Å². The topological polar surface area (TPSA) is 83.1 Å². The quantitative estimate of drug-likeness (QED) is 0.685. The van der Waals surface area contributed by atoms with Crippen molar-refractivity contribution < 1.29 is 19.1 Å². The summed E-state index contributed by atoms with van der Waals surface area (Å²) in [5.41, 5.74) is 4.39. The molecule has 2 amide bonds. The maximum atomic E-state index is 12.7. The Morgan fingerprint density at radius 3 is 2.96 bits per heavy atom. The van der Waals surface area contributed by atoms with Gasteiger partial charge < -0.3 is 24.7 Å². The molecule has 2 atom stereocenters. The molecule has 1 fully saturated rings. The van der Waals surface area contributed by atoms with Crippen LogP contribution in [0.25, 0.3) is 0 Å². The number of ether oxygens (including phenoxy) is 2. The lowest BCUT2D eigenvalue weighted by molar-refractivity contribution is -0.138. The number of amides is 2. The minimum absolute atomic E-state index is 0.00716. The maximum absolute atomic E-state index is 12.7. The van der Waals surface area contributed by atoms with E-state index in [1.165, 1.54) is 4.90 Å². The predicted octanol–water partition coefficient (Wildman–Crippen LogP) is 0.391. The minimum Gasteiger partial charge on any atom is -0.497 e. The lowest BCUT2D eigenvalue weighted by Crippen LogP contribution is -2.50. The molecule has 2 N–H and O–H groups in total. The van der Waals surface area contributed by atoms with Gasteiger partial charge in [0.2, 0.25) is 5.91 Å². The number of hydrazine groups is 1. The molecule has 2 aliphatic rings. The first-order chi connectivity index (χ1) is 12.6. The van der Waals surface area contributed by atoms with Gasteiger partial charge in [0.15, 0.2) is 0 Å². The van der Waals surface area contributed by atoms with E-state index in [9.17, 15) is 9.59 Å². The lowest BCUT2D eigenvalue weighted by atomic mass is 10.0. The van der Waals surface area contributed by atoms with Gasteiger partial charge in [-0.3, -0.25) is 9.59 Å². The number of fused-ring (bicyclic) bond motifs is 1. The second-order valence-corrected chi connectivity index (χ2v) is 6.22. The Morgan fingerprint density at radius 1 is 1.35 bits per heavy atom. The number of methoxy groups -OCH3 is 2. The third-order valence-corrected chi connectivity index (χ3v) is 4.51. The molecule has 2 heterocycles. The molecule has 8 nitrogen and oxygen atoms in total. The highest BCUT2D eigenvalue weighted by atomic mass is 16.5. The number of rotatable bonds is 7. The molecule has 3 rings (SSSR count). The molecule has 0 aromatic heterocycles. The Balaban J connectivity index is 1.61. The second kappa shape index (κ2) is 8.20. The van der Waals surface area contributed by atoms with Crippen LogP contribution in [-0.2, 0) is 14.3 Å². The van der Waals surface area contributed by atoms with Crippen LogP contribution in [0.3, 0.4) is 0 Å². The van der Waals surface area contributed by atoms with Crippen molar-refractivity contribution in [3.05, 3.63) is 42.2 Å². The van der Waals surface area contributed by atoms with Gasteiger partial charge in [-0.15, -0.1) is 0 Å². The summed E-state index contributed by atoms with van der Waals surface area (Å²) in [6.07, 6.45) is 4.06. The average Bonchev–Trinajstić information content (AvgIpc) is 3.09. The van der Waals surface area contributed by atoms with Crippen LogP contribution in [-0.4, -0.2) is 61.7 Å². The van der Waals surface area contributed by atoms with E-state index < -0.39 is 0 Å². The third-order valence-electron chi connectivity index (χ3n) is 4.51. The highest BCUT2D eigenvalue weighted by molar-refractivity contribution is 5.89. The number of nitrogens with one attached hydrogen (secondary N) is 2. The zero-order valence-corrected chi connectivity index (χ0v) is 15.0. The highest BCUT2D eigenvalue weighted by Crippen LogP contribution is 2.32. The number of carbonyl (C=O) groups is 2. The molecule has 0 saturated carbocycles. The summed E-state index contributed by atoms with van der Waals surface area (Å²) in [6, 6.07) is 7.48. The number of nitrogens with zero attached hydrogens (tertiary/aromatic N) is 2. The SMILES string of the molecule is COCCNC(=O)CN1C=CN2NC(c3cccc(OC)c3)CC2C1=O. The predicted molar refractivity (Wildman–Crippen MR) is 94.9 cm³/mol. The van der Waals surface area contributed by atoms with Crippen molar-refractivity contribution >= 4 is 11.8 Å². The number of hydrogen-bond donors (Lipinski definition) is 2. The molecule has 1 aromatic carbocycles. The van der Waals surface area contributed by atoms with E-state index in [4.69, 9.17) is 9.47 Å². The maximum Gasteiger partial charge on any atom is 0.251 e. The Labute approximate surface area is 152 Å². The number of hydrogen-bond acceptors (Lipinski definition) is 6. The Morgan fingerprint density at radius 2 is 2.19 bits per heavy atom. The van der Waals surface area contributed by atoms with Crippen molar-refractivity contribution in [1.82, 2.24) is 20.7 Å². The zero-order valence-electron chi connectivity index (χ0n) is 15.0. The van der Waals surface area contributed by atoms with Crippen LogP contribution in [0.4, 0.5) is 0 Å². The molecule has 0 aliphatic carbocycles. The largest absolute Gasteiger partial charge is 0.497 e. The average molecular weight is 360 g/mol. The third kappa shape index (κ3) is 3.97. The first-order valence-electron chi connectivity index (χ1n) is 8.55. The molecule has 8 heteroatoms. The van der Waals surface area contributed by atoms with Gasteiger partial charge >= 0.3 is 0 Å². The van der Waals surface area contributed by atoms with Crippen LogP contribution < -0.4 is 15.5 Å². The summed E-state index contributed by atoms with van der Waals surface area (Å²) in [6.45, 7) is 0.876. The van der Waals surface area contributed by atoms with E-state index in [2.05, 4.69) is 10.7 Å². The molecule has 1 aromatic rings. The summed E-state index contributed by atoms with van der Waals surface area (Å²) in [5.74, 6) is 0.487. The molecule has 140 valence electrons. The number of benzene rings is 1. The van der Waals surface area contributed by atoms with Gasteiger partial charge in [-0.05, 0) is 24.1 Å². The summed E-state index contributed by atoms with van der Waals surface area (Å²) >= 11 is 0. The van der Waals surface area contributed by atoms with Crippen LogP contribution in [0.15, 0.2) is 36.7 Å². The molecule has 1 saturated heterocycles. The molecule has 0 bridgehead atoms. The summed E-state index contributed by atoms with van der Waals surface area (Å²) in [7, 11) is 3.20. The summed E-state index contributed by atoms with van der Waals surface area (Å²) in [4.78, 5) is 26.1. The Kier molecular flexibility index (Phi) is 5.75. The van der Waals surface area contributed by atoms with Gasteiger partial charge in [0, 0.05) is 26.1 Å². The first-order valence-corrected chi connectivity index (χ1v) is 8.55. The number of carbonyl (C=O) groups excluding carboxylic acids is 2. The lowest BCUT2D eigenvalue weighted by Gasteiger charge is -2.31. The second-order valence-electron chi connectivity index (χ2n) is 6.22. The van der Waals surface area contributed by atoms with Crippen LogP contribution in [0, 0.1) is 0 Å². The Bertz CT molecular complexity index is 694. The molecular formula is C18H24N4O4. The highest BCUT2D eigenvalue weighted by Gasteiger charge is 2.40. The van der Waals surface area contributed by atoms with E-state index in [1.54, 1.807) is 26.6 Å². The fraction of sp³-hybridized carbons (Fsp3) is 0.444. The van der Waals surface area contributed by atoms with Gasteiger partial charge in [0.1, 0.15) is 18.3 Å². The van der Waals surface area contributed by atoms with Gasteiger partial charge in [0.25, 0.3) is 5.91 Å². The van der Waals surface area contributed by atoms with Crippen LogP contribution in [0.5, 0.6) is 5.75 Å².